The molecule has 1 rings (SSSR count). The third-order valence-electron chi connectivity index (χ3n) is 1.79. The molecule has 0 aliphatic rings. The van der Waals surface area contributed by atoms with Gasteiger partial charge in [-0.25, -0.2) is 8.78 Å². The van der Waals surface area contributed by atoms with E-state index in [1.807, 2.05) is 0 Å². The fourth-order valence-electron chi connectivity index (χ4n) is 1.14. The van der Waals surface area contributed by atoms with Crippen LogP contribution in [-0.4, -0.2) is 6.54 Å². The summed E-state index contributed by atoms with van der Waals surface area (Å²) < 4.78 is 25.4. The Kier molecular flexibility index (Phi) is 3.33. The summed E-state index contributed by atoms with van der Waals surface area (Å²) in [7, 11) is 0. The van der Waals surface area contributed by atoms with Crippen LogP contribution in [0.5, 0.6) is 0 Å². The van der Waals surface area contributed by atoms with Crippen molar-refractivity contribution in [2.75, 3.05) is 6.54 Å². The molecule has 0 bridgehead atoms. The molecule has 1 atom stereocenters. The fourth-order valence-corrected chi connectivity index (χ4v) is 1.14. The summed E-state index contributed by atoms with van der Waals surface area (Å²) in [6.45, 7) is 0.402. The molecule has 0 aliphatic carbocycles. The molecule has 0 aliphatic heterocycles. The van der Waals surface area contributed by atoms with Crippen LogP contribution in [0.15, 0.2) is 18.2 Å². The zero-order chi connectivity index (χ0) is 9.84. The quantitative estimate of drug-likeness (QED) is 0.747. The fraction of sp³-hybridized carbons (Fsp3) is 0.333. The van der Waals surface area contributed by atoms with Crippen molar-refractivity contribution < 1.29 is 8.78 Å². The average Bonchev–Trinajstić information content (AvgIpc) is 2.03. The molecule has 72 valence electrons. The van der Waals surface area contributed by atoms with Crippen molar-refractivity contribution in [1.29, 1.82) is 0 Å². The number of nitrogens with two attached hydrogens (primary N) is 2. The second kappa shape index (κ2) is 4.30. The summed E-state index contributed by atoms with van der Waals surface area (Å²) in [5.74, 6) is -1.22. The smallest absolute Gasteiger partial charge is 0.126 e. The topological polar surface area (TPSA) is 52.0 Å². The zero-order valence-corrected chi connectivity index (χ0v) is 7.13. The van der Waals surface area contributed by atoms with Gasteiger partial charge < -0.3 is 11.5 Å². The zero-order valence-electron chi connectivity index (χ0n) is 7.13. The van der Waals surface area contributed by atoms with Crippen molar-refractivity contribution >= 4 is 0 Å². The van der Waals surface area contributed by atoms with Gasteiger partial charge in [0.15, 0.2) is 0 Å². The van der Waals surface area contributed by atoms with Crippen molar-refractivity contribution in [2.45, 2.75) is 12.5 Å². The summed E-state index contributed by atoms with van der Waals surface area (Å²) in [6.07, 6.45) is 0.517. The van der Waals surface area contributed by atoms with E-state index in [0.717, 1.165) is 6.07 Å². The monoisotopic (exact) mass is 186 g/mol. The standard InChI is InChI=1S/C9H12F2N2/c10-7-3-6(4-8(11)5-7)9(13)1-2-12/h3-5,9H,1-2,12-13H2. The molecule has 4 heteroatoms. The van der Waals surface area contributed by atoms with E-state index in [1.165, 1.54) is 12.1 Å². The summed E-state index contributed by atoms with van der Waals surface area (Å²) in [5, 5.41) is 0. The van der Waals surface area contributed by atoms with E-state index in [-0.39, 0.29) is 0 Å². The highest BCUT2D eigenvalue weighted by molar-refractivity contribution is 5.20. The molecule has 0 heterocycles. The summed E-state index contributed by atoms with van der Waals surface area (Å²) in [5.41, 5.74) is 11.4. The van der Waals surface area contributed by atoms with Crippen molar-refractivity contribution in [3.63, 3.8) is 0 Å². The number of rotatable bonds is 3. The Hall–Kier alpha value is -1.00. The van der Waals surface area contributed by atoms with Crippen LogP contribution in [0.25, 0.3) is 0 Å². The van der Waals surface area contributed by atoms with Crippen molar-refractivity contribution in [2.24, 2.45) is 11.5 Å². The van der Waals surface area contributed by atoms with E-state index >= 15 is 0 Å². The first-order valence-corrected chi connectivity index (χ1v) is 4.05. The van der Waals surface area contributed by atoms with Gasteiger partial charge in [-0.1, -0.05) is 0 Å². The molecule has 13 heavy (non-hydrogen) atoms. The first-order valence-electron chi connectivity index (χ1n) is 4.05. The summed E-state index contributed by atoms with van der Waals surface area (Å²) in [6, 6.07) is 2.88. The predicted octanol–water partition coefficient (Wildman–Crippen LogP) is 1.31. The second-order valence-corrected chi connectivity index (χ2v) is 2.89. The van der Waals surface area contributed by atoms with Gasteiger partial charge in [0.05, 0.1) is 0 Å². The first kappa shape index (κ1) is 10.1. The van der Waals surface area contributed by atoms with E-state index in [9.17, 15) is 8.78 Å². The molecule has 0 amide bonds. The van der Waals surface area contributed by atoms with Gasteiger partial charge in [0, 0.05) is 12.1 Å². The van der Waals surface area contributed by atoms with Crippen LogP contribution in [-0.2, 0) is 0 Å². The van der Waals surface area contributed by atoms with Crippen molar-refractivity contribution in [3.8, 4) is 0 Å². The average molecular weight is 186 g/mol. The molecule has 4 N–H and O–H groups in total. The Balaban J connectivity index is 2.87. The molecule has 0 aromatic heterocycles. The minimum atomic E-state index is -0.609. The highest BCUT2D eigenvalue weighted by Crippen LogP contribution is 2.16. The van der Waals surface area contributed by atoms with E-state index in [0.29, 0.717) is 18.5 Å². The Bertz CT molecular complexity index is 269. The molecular weight excluding hydrogens is 174 g/mol. The molecule has 2 nitrogen and oxygen atoms in total. The van der Waals surface area contributed by atoms with E-state index in [2.05, 4.69) is 0 Å². The highest BCUT2D eigenvalue weighted by atomic mass is 19.1. The number of hydrogen-bond donors (Lipinski definition) is 2. The second-order valence-electron chi connectivity index (χ2n) is 2.89. The first-order chi connectivity index (χ1) is 6.13. The van der Waals surface area contributed by atoms with Crippen LogP contribution in [0.2, 0.25) is 0 Å². The third-order valence-corrected chi connectivity index (χ3v) is 1.79. The van der Waals surface area contributed by atoms with Gasteiger partial charge in [0.2, 0.25) is 0 Å². The maximum Gasteiger partial charge on any atom is 0.126 e. The summed E-state index contributed by atoms with van der Waals surface area (Å²) >= 11 is 0. The lowest BCUT2D eigenvalue weighted by atomic mass is 10.0. The van der Waals surface area contributed by atoms with Gasteiger partial charge in [-0.05, 0) is 30.7 Å². The Morgan fingerprint density at radius 1 is 1.15 bits per heavy atom. The van der Waals surface area contributed by atoms with Crippen molar-refractivity contribution in [3.05, 3.63) is 35.4 Å². The largest absolute Gasteiger partial charge is 0.330 e. The molecule has 0 saturated carbocycles. The molecular formula is C9H12F2N2. The third kappa shape index (κ3) is 2.75. The SMILES string of the molecule is NCCC(N)c1cc(F)cc(F)c1. The van der Waals surface area contributed by atoms with E-state index < -0.39 is 17.7 Å². The molecule has 1 aromatic carbocycles. The lowest BCUT2D eigenvalue weighted by Crippen LogP contribution is -2.15. The lowest BCUT2D eigenvalue weighted by molar-refractivity contribution is 0.568. The minimum absolute atomic E-state index is 0.393. The Labute approximate surface area is 75.5 Å². The van der Waals surface area contributed by atoms with Gasteiger partial charge in [-0.15, -0.1) is 0 Å². The van der Waals surface area contributed by atoms with E-state index in [4.69, 9.17) is 11.5 Å². The molecule has 0 saturated heterocycles. The van der Waals surface area contributed by atoms with Crippen LogP contribution in [0.3, 0.4) is 0 Å². The molecule has 0 radical (unpaired) electrons. The van der Waals surface area contributed by atoms with Gasteiger partial charge >= 0.3 is 0 Å². The van der Waals surface area contributed by atoms with Crippen LogP contribution in [0.4, 0.5) is 8.78 Å². The molecule has 0 spiro atoms. The maximum atomic E-state index is 12.7. The van der Waals surface area contributed by atoms with Gasteiger partial charge in [0.25, 0.3) is 0 Å². The molecule has 1 aromatic rings. The van der Waals surface area contributed by atoms with Crippen LogP contribution < -0.4 is 11.5 Å². The molecule has 0 fully saturated rings. The van der Waals surface area contributed by atoms with Crippen molar-refractivity contribution in [1.82, 2.24) is 0 Å². The number of benzene rings is 1. The minimum Gasteiger partial charge on any atom is -0.330 e. The number of hydrogen-bond acceptors (Lipinski definition) is 2. The maximum absolute atomic E-state index is 12.7. The summed E-state index contributed by atoms with van der Waals surface area (Å²) in [4.78, 5) is 0. The van der Waals surface area contributed by atoms with Crippen LogP contribution in [0, 0.1) is 11.6 Å². The van der Waals surface area contributed by atoms with Gasteiger partial charge in [0.1, 0.15) is 11.6 Å². The van der Waals surface area contributed by atoms with Crippen LogP contribution in [0.1, 0.15) is 18.0 Å². The van der Waals surface area contributed by atoms with E-state index in [1.54, 1.807) is 0 Å². The predicted molar refractivity (Wildman–Crippen MR) is 47.0 cm³/mol. The van der Waals surface area contributed by atoms with Crippen LogP contribution >= 0.6 is 0 Å². The Morgan fingerprint density at radius 2 is 1.69 bits per heavy atom. The molecule has 1 unspecified atom stereocenters. The van der Waals surface area contributed by atoms with Gasteiger partial charge in [-0.3, -0.25) is 0 Å². The normalized spacial score (nSPS) is 12.9. The number of halogens is 2. The van der Waals surface area contributed by atoms with Gasteiger partial charge in [-0.2, -0.15) is 0 Å². The highest BCUT2D eigenvalue weighted by Gasteiger charge is 2.07. The lowest BCUT2D eigenvalue weighted by Gasteiger charge is -2.10. The Morgan fingerprint density at radius 3 is 2.15 bits per heavy atom.